The Bertz CT molecular complexity index is 558. The van der Waals surface area contributed by atoms with Crippen LogP contribution in [0.5, 0.6) is 0 Å². The number of carbonyl (C=O) groups is 2. The van der Waals surface area contributed by atoms with Gasteiger partial charge in [-0.15, -0.1) is 0 Å². The number of carbonyl (C=O) groups excluding carboxylic acids is 2. The first-order valence-electron chi connectivity index (χ1n) is 6.10. The maximum Gasteiger partial charge on any atom is 0.240 e. The van der Waals surface area contributed by atoms with Gasteiger partial charge in [-0.2, -0.15) is 0 Å². The highest BCUT2D eigenvalue weighted by atomic mass is 79.9. The molecule has 1 aromatic carbocycles. The number of halogens is 2. The molecule has 1 aliphatic heterocycles. The van der Waals surface area contributed by atoms with Gasteiger partial charge in [0.2, 0.25) is 11.8 Å². The Morgan fingerprint density at radius 1 is 1.37 bits per heavy atom. The Balaban J connectivity index is 2.49. The van der Waals surface area contributed by atoms with Crippen LogP contribution in [0.4, 0.5) is 5.69 Å². The Labute approximate surface area is 126 Å². The van der Waals surface area contributed by atoms with E-state index in [0.717, 1.165) is 0 Å². The normalized spacial score (nSPS) is 23.6. The molecule has 2 amide bonds. The van der Waals surface area contributed by atoms with Crippen molar-refractivity contribution in [3.8, 4) is 0 Å². The van der Waals surface area contributed by atoms with Crippen LogP contribution in [0.2, 0.25) is 5.02 Å². The summed E-state index contributed by atoms with van der Waals surface area (Å²) in [6.07, 6.45) is 0.239. The molecule has 1 heterocycles. The van der Waals surface area contributed by atoms with E-state index in [1.165, 1.54) is 4.90 Å². The Morgan fingerprint density at radius 3 is 2.53 bits per heavy atom. The molecule has 2 rings (SSSR count). The Kier molecular flexibility index (Phi) is 3.76. The van der Waals surface area contributed by atoms with Gasteiger partial charge in [-0.05, 0) is 47.0 Å². The highest BCUT2D eigenvalue weighted by molar-refractivity contribution is 9.10. The lowest BCUT2D eigenvalue weighted by atomic mass is 9.78. The predicted octanol–water partition coefficient (Wildman–Crippen LogP) is 4.03. The molecule has 0 aliphatic carbocycles. The third-order valence-corrected chi connectivity index (χ3v) is 4.79. The van der Waals surface area contributed by atoms with Gasteiger partial charge < -0.3 is 0 Å². The molecule has 1 aromatic rings. The minimum absolute atomic E-state index is 0.104. The summed E-state index contributed by atoms with van der Waals surface area (Å²) in [6, 6.07) is 5.08. The topological polar surface area (TPSA) is 37.4 Å². The van der Waals surface area contributed by atoms with Gasteiger partial charge in [0.1, 0.15) is 0 Å². The number of nitrogens with zero attached hydrogens (tertiary/aromatic N) is 1. The molecular weight excluding hydrogens is 330 g/mol. The number of benzene rings is 1. The molecule has 1 fully saturated rings. The van der Waals surface area contributed by atoms with Crippen molar-refractivity contribution in [1.82, 2.24) is 0 Å². The lowest BCUT2D eigenvalue weighted by molar-refractivity contribution is -0.126. The second-order valence-corrected chi connectivity index (χ2v) is 6.67. The summed E-state index contributed by atoms with van der Waals surface area (Å²) < 4.78 is 0.687. The van der Waals surface area contributed by atoms with Crippen LogP contribution in [0, 0.1) is 11.3 Å². The molecule has 1 aliphatic rings. The maximum absolute atomic E-state index is 12.6. The second kappa shape index (κ2) is 4.91. The van der Waals surface area contributed by atoms with Crippen LogP contribution in [0.15, 0.2) is 22.7 Å². The van der Waals surface area contributed by atoms with E-state index < -0.39 is 5.41 Å². The molecule has 1 saturated heterocycles. The van der Waals surface area contributed by atoms with Crippen LogP contribution in [0.3, 0.4) is 0 Å². The van der Waals surface area contributed by atoms with Crippen LogP contribution in [-0.2, 0) is 9.59 Å². The monoisotopic (exact) mass is 343 g/mol. The molecule has 0 bridgehead atoms. The molecule has 3 nitrogen and oxygen atoms in total. The fraction of sp³-hybridized carbons (Fsp3) is 0.429. The number of amides is 2. The molecule has 19 heavy (non-hydrogen) atoms. The van der Waals surface area contributed by atoms with Gasteiger partial charge in [0, 0.05) is 15.9 Å². The second-order valence-electron chi connectivity index (χ2n) is 5.38. The lowest BCUT2D eigenvalue weighted by Gasteiger charge is -2.26. The average Bonchev–Trinajstić information content (AvgIpc) is 2.55. The molecule has 0 spiro atoms. The van der Waals surface area contributed by atoms with Crippen molar-refractivity contribution in [2.24, 2.45) is 11.3 Å². The van der Waals surface area contributed by atoms with Crippen molar-refractivity contribution < 1.29 is 9.59 Å². The minimum atomic E-state index is -0.640. The molecule has 1 atom stereocenters. The van der Waals surface area contributed by atoms with Crippen LogP contribution < -0.4 is 4.90 Å². The van der Waals surface area contributed by atoms with Crippen LogP contribution in [0.1, 0.15) is 27.2 Å². The zero-order valence-electron chi connectivity index (χ0n) is 11.0. The summed E-state index contributed by atoms with van der Waals surface area (Å²) in [6.45, 7) is 5.76. The van der Waals surface area contributed by atoms with E-state index in [-0.39, 0.29) is 24.2 Å². The van der Waals surface area contributed by atoms with Gasteiger partial charge in [-0.25, -0.2) is 4.90 Å². The minimum Gasteiger partial charge on any atom is -0.274 e. The van der Waals surface area contributed by atoms with Gasteiger partial charge in [0.05, 0.1) is 11.1 Å². The van der Waals surface area contributed by atoms with Crippen molar-refractivity contribution in [2.75, 3.05) is 4.90 Å². The first-order chi connectivity index (χ1) is 8.77. The van der Waals surface area contributed by atoms with Crippen molar-refractivity contribution in [3.05, 3.63) is 27.7 Å². The van der Waals surface area contributed by atoms with Gasteiger partial charge in [-0.3, -0.25) is 9.59 Å². The molecule has 1 unspecified atom stereocenters. The Hall–Kier alpha value is -0.870. The van der Waals surface area contributed by atoms with Gasteiger partial charge in [0.25, 0.3) is 0 Å². The molecule has 0 saturated carbocycles. The molecule has 0 aromatic heterocycles. The van der Waals surface area contributed by atoms with Crippen molar-refractivity contribution in [2.45, 2.75) is 27.2 Å². The van der Waals surface area contributed by atoms with Crippen molar-refractivity contribution >= 4 is 45.0 Å². The van der Waals surface area contributed by atoms with E-state index in [1.807, 2.05) is 20.8 Å². The van der Waals surface area contributed by atoms with E-state index in [0.29, 0.717) is 15.2 Å². The molecular formula is C14H15BrClNO2. The van der Waals surface area contributed by atoms with Gasteiger partial charge in [0.15, 0.2) is 0 Å². The van der Waals surface area contributed by atoms with Crippen LogP contribution in [-0.4, -0.2) is 11.8 Å². The summed E-state index contributed by atoms with van der Waals surface area (Å²) in [5.41, 5.74) is -0.120. The zero-order valence-corrected chi connectivity index (χ0v) is 13.4. The largest absolute Gasteiger partial charge is 0.274 e. The van der Waals surface area contributed by atoms with E-state index >= 15 is 0 Å². The quantitative estimate of drug-likeness (QED) is 0.760. The maximum atomic E-state index is 12.6. The zero-order chi connectivity index (χ0) is 14.4. The third-order valence-electron chi connectivity index (χ3n) is 3.88. The smallest absolute Gasteiger partial charge is 0.240 e. The van der Waals surface area contributed by atoms with Crippen LogP contribution >= 0.6 is 27.5 Å². The fourth-order valence-corrected chi connectivity index (χ4v) is 2.78. The van der Waals surface area contributed by atoms with E-state index in [1.54, 1.807) is 18.2 Å². The number of imide groups is 1. The number of rotatable bonds is 2. The summed E-state index contributed by atoms with van der Waals surface area (Å²) in [4.78, 5) is 26.0. The molecule has 0 radical (unpaired) electrons. The first-order valence-corrected chi connectivity index (χ1v) is 7.27. The van der Waals surface area contributed by atoms with Crippen LogP contribution in [0.25, 0.3) is 0 Å². The van der Waals surface area contributed by atoms with E-state index in [9.17, 15) is 9.59 Å². The highest BCUT2D eigenvalue weighted by Gasteiger charge is 2.50. The van der Waals surface area contributed by atoms with E-state index in [4.69, 9.17) is 11.6 Å². The summed E-state index contributed by atoms with van der Waals surface area (Å²) in [5, 5.41) is 0.497. The average molecular weight is 345 g/mol. The SMILES string of the molecule is CC(C)C1(C)CC(=O)N(c2cc(Cl)ccc2Br)C1=O. The Morgan fingerprint density at radius 2 is 2.00 bits per heavy atom. The number of anilines is 1. The summed E-state index contributed by atoms with van der Waals surface area (Å²) in [7, 11) is 0. The molecule has 5 heteroatoms. The fourth-order valence-electron chi connectivity index (χ4n) is 2.19. The summed E-state index contributed by atoms with van der Waals surface area (Å²) >= 11 is 9.32. The van der Waals surface area contributed by atoms with Gasteiger partial charge in [-0.1, -0.05) is 25.4 Å². The number of hydrogen-bond donors (Lipinski definition) is 0. The molecule has 0 N–H and O–H groups in total. The standard InChI is InChI=1S/C14H15BrClNO2/c1-8(2)14(3)7-12(18)17(13(14)19)11-6-9(16)4-5-10(11)15/h4-6,8H,7H2,1-3H3. The predicted molar refractivity (Wildman–Crippen MR) is 79.2 cm³/mol. The highest BCUT2D eigenvalue weighted by Crippen LogP contribution is 2.43. The van der Waals surface area contributed by atoms with Crippen molar-refractivity contribution in [1.29, 1.82) is 0 Å². The molecule has 102 valence electrons. The number of hydrogen-bond acceptors (Lipinski definition) is 2. The first kappa shape index (κ1) is 14.5. The van der Waals surface area contributed by atoms with Crippen molar-refractivity contribution in [3.63, 3.8) is 0 Å². The lowest BCUT2D eigenvalue weighted by Crippen LogP contribution is -2.37. The third kappa shape index (κ3) is 2.32. The van der Waals surface area contributed by atoms with E-state index in [2.05, 4.69) is 15.9 Å². The van der Waals surface area contributed by atoms with Gasteiger partial charge >= 0.3 is 0 Å². The summed E-state index contributed by atoms with van der Waals surface area (Å²) in [5.74, 6) is -0.230.